The highest BCUT2D eigenvalue weighted by Gasteiger charge is 2.26. The summed E-state index contributed by atoms with van der Waals surface area (Å²) >= 11 is 1.73. The van der Waals surface area contributed by atoms with E-state index in [1.165, 1.54) is 25.0 Å². The molecule has 0 atom stereocenters. The van der Waals surface area contributed by atoms with Crippen LogP contribution in [-0.4, -0.2) is 25.1 Å². The number of anilines is 1. The van der Waals surface area contributed by atoms with Gasteiger partial charge in [-0.25, -0.2) is 4.98 Å². The summed E-state index contributed by atoms with van der Waals surface area (Å²) in [6.45, 7) is 0. The summed E-state index contributed by atoms with van der Waals surface area (Å²) in [6, 6.07) is 12.9. The molecule has 1 aromatic heterocycles. The number of nitrogens with zero attached hydrogens (tertiary/aromatic N) is 1. The van der Waals surface area contributed by atoms with Crippen molar-refractivity contribution in [3.05, 3.63) is 58.4 Å². The van der Waals surface area contributed by atoms with Crippen molar-refractivity contribution in [2.24, 2.45) is 0 Å². The number of carbonyl (C=O) groups is 1. The Hall–Kier alpha value is -2.86. The van der Waals surface area contributed by atoms with Crippen molar-refractivity contribution in [3.8, 4) is 22.8 Å². The van der Waals surface area contributed by atoms with Crippen molar-refractivity contribution in [1.82, 2.24) is 4.98 Å². The molecule has 5 nitrogen and oxygen atoms in total. The third kappa shape index (κ3) is 3.80. The fourth-order valence-electron chi connectivity index (χ4n) is 2.85. The van der Waals surface area contributed by atoms with Crippen molar-refractivity contribution >= 4 is 22.9 Å². The van der Waals surface area contributed by atoms with Crippen LogP contribution in [0.2, 0.25) is 0 Å². The number of aromatic nitrogens is 1. The minimum Gasteiger partial charge on any atom is -0.497 e. The molecule has 3 aromatic rings. The third-order valence-electron chi connectivity index (χ3n) is 4.54. The van der Waals surface area contributed by atoms with E-state index in [0.717, 1.165) is 16.9 Å². The van der Waals surface area contributed by atoms with E-state index in [2.05, 4.69) is 10.7 Å². The molecule has 0 radical (unpaired) electrons. The van der Waals surface area contributed by atoms with E-state index < -0.39 is 0 Å². The van der Waals surface area contributed by atoms with Gasteiger partial charge in [-0.15, -0.1) is 11.3 Å². The quantitative estimate of drug-likeness (QED) is 0.657. The van der Waals surface area contributed by atoms with Gasteiger partial charge in [0.2, 0.25) is 0 Å². The molecule has 1 aliphatic carbocycles. The minimum absolute atomic E-state index is 0.230. The molecule has 1 heterocycles. The van der Waals surface area contributed by atoms with Gasteiger partial charge in [0.05, 0.1) is 30.5 Å². The van der Waals surface area contributed by atoms with E-state index in [0.29, 0.717) is 23.0 Å². The molecule has 1 fully saturated rings. The molecule has 138 valence electrons. The molecule has 6 heteroatoms. The van der Waals surface area contributed by atoms with Crippen LogP contribution in [-0.2, 0) is 0 Å². The van der Waals surface area contributed by atoms with Crippen LogP contribution in [0.5, 0.6) is 11.5 Å². The van der Waals surface area contributed by atoms with Crippen LogP contribution in [0.3, 0.4) is 0 Å². The molecule has 1 amide bonds. The van der Waals surface area contributed by atoms with Gasteiger partial charge >= 0.3 is 0 Å². The number of ether oxygens (including phenoxy) is 2. The maximum atomic E-state index is 12.6. The molecule has 2 aromatic carbocycles. The molecule has 1 saturated carbocycles. The number of hydrogen-bond donors (Lipinski definition) is 1. The fraction of sp³-hybridized carbons (Fsp3) is 0.238. The molecule has 1 N–H and O–H groups in total. The molecule has 27 heavy (non-hydrogen) atoms. The molecule has 4 rings (SSSR count). The topological polar surface area (TPSA) is 60.5 Å². The third-order valence-corrected chi connectivity index (χ3v) is 5.55. The van der Waals surface area contributed by atoms with Crippen LogP contribution in [0, 0.1) is 0 Å². The van der Waals surface area contributed by atoms with Gasteiger partial charge in [0.1, 0.15) is 11.5 Å². The average Bonchev–Trinajstić information content (AvgIpc) is 3.45. The number of methoxy groups -OCH3 is 2. The number of carbonyl (C=O) groups excluding carboxylic acids is 1. The van der Waals surface area contributed by atoms with Gasteiger partial charge in [-0.05, 0) is 37.1 Å². The maximum Gasteiger partial charge on any atom is 0.259 e. The van der Waals surface area contributed by atoms with Crippen molar-refractivity contribution in [1.29, 1.82) is 0 Å². The van der Waals surface area contributed by atoms with Gasteiger partial charge in [-0.3, -0.25) is 4.79 Å². The van der Waals surface area contributed by atoms with Gasteiger partial charge in [0, 0.05) is 28.6 Å². The number of nitrogens with one attached hydrogen (secondary N) is 1. The lowest BCUT2D eigenvalue weighted by Gasteiger charge is -2.11. The highest BCUT2D eigenvalue weighted by molar-refractivity contribution is 7.10. The monoisotopic (exact) mass is 380 g/mol. The molecule has 1 aliphatic rings. The van der Waals surface area contributed by atoms with Gasteiger partial charge in [0.15, 0.2) is 0 Å². The largest absolute Gasteiger partial charge is 0.497 e. The van der Waals surface area contributed by atoms with Gasteiger partial charge < -0.3 is 14.8 Å². The lowest BCUT2D eigenvalue weighted by molar-refractivity contribution is 0.102. The first-order valence-electron chi connectivity index (χ1n) is 8.77. The summed E-state index contributed by atoms with van der Waals surface area (Å²) in [6.07, 6.45) is 2.51. The van der Waals surface area contributed by atoms with Crippen LogP contribution in [0.25, 0.3) is 11.3 Å². The van der Waals surface area contributed by atoms with Crippen LogP contribution >= 0.6 is 11.3 Å². The van der Waals surface area contributed by atoms with Crippen molar-refractivity contribution in [3.63, 3.8) is 0 Å². The lowest BCUT2D eigenvalue weighted by Crippen LogP contribution is -2.13. The Morgan fingerprint density at radius 2 is 1.89 bits per heavy atom. The summed E-state index contributed by atoms with van der Waals surface area (Å²) in [5, 5.41) is 6.24. The minimum atomic E-state index is -0.230. The molecular formula is C21H20N2O3S. The molecule has 0 saturated heterocycles. The predicted octanol–water partition coefficient (Wildman–Crippen LogP) is 4.96. The Bertz CT molecular complexity index is 962. The van der Waals surface area contributed by atoms with Crippen molar-refractivity contribution in [2.75, 3.05) is 19.5 Å². The highest BCUT2D eigenvalue weighted by Crippen LogP contribution is 2.42. The van der Waals surface area contributed by atoms with Gasteiger partial charge in [-0.1, -0.05) is 12.1 Å². The zero-order valence-corrected chi connectivity index (χ0v) is 16.0. The number of benzene rings is 2. The Morgan fingerprint density at radius 1 is 1.11 bits per heavy atom. The van der Waals surface area contributed by atoms with E-state index in [4.69, 9.17) is 14.5 Å². The van der Waals surface area contributed by atoms with Crippen LogP contribution < -0.4 is 14.8 Å². The van der Waals surface area contributed by atoms with E-state index in [1.54, 1.807) is 36.6 Å². The second-order valence-electron chi connectivity index (χ2n) is 6.44. The van der Waals surface area contributed by atoms with Crippen molar-refractivity contribution in [2.45, 2.75) is 18.8 Å². The molecular weight excluding hydrogens is 360 g/mol. The second kappa shape index (κ2) is 7.40. The summed E-state index contributed by atoms with van der Waals surface area (Å²) in [4.78, 5) is 17.3. The van der Waals surface area contributed by atoms with E-state index >= 15 is 0 Å². The SMILES string of the molecule is COc1ccc(C(=O)Nc2ccc(-c3csc(C4CC4)n3)cc2)c(OC)c1. The predicted molar refractivity (Wildman–Crippen MR) is 107 cm³/mol. The molecule has 0 aliphatic heterocycles. The summed E-state index contributed by atoms with van der Waals surface area (Å²) in [5.41, 5.74) is 3.23. The van der Waals surface area contributed by atoms with Crippen molar-refractivity contribution < 1.29 is 14.3 Å². The lowest BCUT2D eigenvalue weighted by atomic mass is 10.1. The van der Waals surface area contributed by atoms with Gasteiger partial charge in [-0.2, -0.15) is 0 Å². The summed E-state index contributed by atoms with van der Waals surface area (Å²) in [5.74, 6) is 1.55. The Morgan fingerprint density at radius 3 is 2.56 bits per heavy atom. The summed E-state index contributed by atoms with van der Waals surface area (Å²) < 4.78 is 10.5. The Labute approximate surface area is 162 Å². The number of amides is 1. The summed E-state index contributed by atoms with van der Waals surface area (Å²) in [7, 11) is 3.11. The first kappa shape index (κ1) is 17.5. The number of hydrogen-bond acceptors (Lipinski definition) is 5. The van der Waals surface area contributed by atoms with Crippen LogP contribution in [0.1, 0.15) is 34.1 Å². The first-order chi connectivity index (χ1) is 13.2. The van der Waals surface area contributed by atoms with E-state index in [9.17, 15) is 4.79 Å². The molecule has 0 unspecified atom stereocenters. The molecule has 0 bridgehead atoms. The number of thiazole rings is 1. The normalized spacial score (nSPS) is 13.3. The van der Waals surface area contributed by atoms with E-state index in [1.807, 2.05) is 24.3 Å². The second-order valence-corrected chi connectivity index (χ2v) is 7.33. The Kier molecular flexibility index (Phi) is 4.81. The van der Waals surface area contributed by atoms with Crippen LogP contribution in [0.15, 0.2) is 47.8 Å². The zero-order chi connectivity index (χ0) is 18.8. The Balaban J connectivity index is 1.48. The fourth-order valence-corrected chi connectivity index (χ4v) is 3.85. The number of rotatable bonds is 6. The van der Waals surface area contributed by atoms with Gasteiger partial charge in [0.25, 0.3) is 5.91 Å². The van der Waals surface area contributed by atoms with E-state index in [-0.39, 0.29) is 5.91 Å². The average molecular weight is 380 g/mol. The zero-order valence-electron chi connectivity index (χ0n) is 15.2. The molecule has 0 spiro atoms. The highest BCUT2D eigenvalue weighted by atomic mass is 32.1. The standard InChI is InChI=1S/C21H20N2O3S/c1-25-16-9-10-17(19(11-16)26-2)20(24)22-15-7-5-13(6-8-15)18-12-27-21(23-18)14-3-4-14/h5-12,14H,3-4H2,1-2H3,(H,22,24). The first-order valence-corrected chi connectivity index (χ1v) is 9.65. The van der Waals surface area contributed by atoms with Crippen LogP contribution in [0.4, 0.5) is 5.69 Å². The smallest absolute Gasteiger partial charge is 0.259 e. The maximum absolute atomic E-state index is 12.6.